The summed E-state index contributed by atoms with van der Waals surface area (Å²) in [6, 6.07) is 9.00. The summed E-state index contributed by atoms with van der Waals surface area (Å²) in [5.41, 5.74) is 0.981. The first-order chi connectivity index (χ1) is 13.8. The van der Waals surface area contributed by atoms with Crippen LogP contribution in [0.25, 0.3) is 11.1 Å². The smallest absolute Gasteiger partial charge is 0.408 e. The Morgan fingerprint density at radius 1 is 1.31 bits per heavy atom. The average Bonchev–Trinajstić information content (AvgIpc) is 3.27. The van der Waals surface area contributed by atoms with Gasteiger partial charge in [-0.2, -0.15) is 4.37 Å². The van der Waals surface area contributed by atoms with Crippen LogP contribution in [0.1, 0.15) is 18.5 Å². The number of anilines is 1. The second-order valence-corrected chi connectivity index (χ2v) is 9.63. The van der Waals surface area contributed by atoms with Crippen LogP contribution in [0.3, 0.4) is 0 Å². The van der Waals surface area contributed by atoms with Gasteiger partial charge in [-0.05, 0) is 41.1 Å². The number of sulfonamides is 1. The molecular weight excluding hydrogens is 534 g/mol. The van der Waals surface area contributed by atoms with Gasteiger partial charge in [-0.15, -0.1) is 0 Å². The number of aromatic nitrogens is 3. The molecule has 0 saturated carbocycles. The number of benzene rings is 2. The number of hydrogen-bond acceptors (Lipinski definition) is 7. The summed E-state index contributed by atoms with van der Waals surface area (Å²) in [6.07, 6.45) is 1.17. The van der Waals surface area contributed by atoms with E-state index in [-0.39, 0.29) is 16.2 Å². The number of nitrogens with zero attached hydrogens (tertiary/aromatic N) is 3. The van der Waals surface area contributed by atoms with E-state index in [1.165, 1.54) is 10.9 Å². The highest BCUT2D eigenvalue weighted by molar-refractivity contribution is 14.1. The Hall–Kier alpha value is -2.32. The highest BCUT2D eigenvalue weighted by atomic mass is 127. The van der Waals surface area contributed by atoms with Crippen LogP contribution in [-0.2, 0) is 10.0 Å². The Balaban J connectivity index is 1.83. The van der Waals surface area contributed by atoms with E-state index in [9.17, 15) is 17.6 Å². The molecule has 4 rings (SSSR count). The van der Waals surface area contributed by atoms with Gasteiger partial charge >= 0.3 is 5.76 Å². The number of fused-ring (bicyclic) bond motifs is 1. The molecule has 0 aliphatic heterocycles. The third-order valence-electron chi connectivity index (χ3n) is 4.28. The van der Waals surface area contributed by atoms with Gasteiger partial charge in [-0.3, -0.25) is 9.29 Å². The fourth-order valence-corrected chi connectivity index (χ4v) is 5.52. The van der Waals surface area contributed by atoms with E-state index in [1.54, 1.807) is 6.92 Å². The molecular formula is C17H12FIN4O4S2. The van der Waals surface area contributed by atoms with Gasteiger partial charge in [-0.1, -0.05) is 18.2 Å². The van der Waals surface area contributed by atoms with Crippen molar-refractivity contribution >= 4 is 60.4 Å². The fourth-order valence-electron chi connectivity index (χ4n) is 2.95. The molecule has 0 fully saturated rings. The predicted octanol–water partition coefficient (Wildman–Crippen LogP) is 3.60. The lowest BCUT2D eigenvalue weighted by Crippen LogP contribution is -2.20. The van der Waals surface area contributed by atoms with Crippen LogP contribution in [0.5, 0.6) is 0 Å². The van der Waals surface area contributed by atoms with Gasteiger partial charge in [0, 0.05) is 27.2 Å². The minimum Gasteiger partial charge on any atom is -0.408 e. The van der Waals surface area contributed by atoms with E-state index in [4.69, 9.17) is 4.42 Å². The molecule has 0 amide bonds. The maximum atomic E-state index is 14.8. The zero-order valence-corrected chi connectivity index (χ0v) is 18.5. The van der Waals surface area contributed by atoms with Crippen molar-refractivity contribution in [1.29, 1.82) is 0 Å². The summed E-state index contributed by atoms with van der Waals surface area (Å²) in [6.45, 7) is 1.79. The molecule has 0 aliphatic carbocycles. The van der Waals surface area contributed by atoms with Gasteiger partial charge in [-0.25, -0.2) is 22.6 Å². The third kappa shape index (κ3) is 3.67. The van der Waals surface area contributed by atoms with E-state index >= 15 is 0 Å². The van der Waals surface area contributed by atoms with E-state index in [0.717, 1.165) is 32.8 Å². The van der Waals surface area contributed by atoms with Crippen molar-refractivity contribution in [2.45, 2.75) is 17.9 Å². The summed E-state index contributed by atoms with van der Waals surface area (Å²) in [4.78, 5) is 15.6. The van der Waals surface area contributed by atoms with Crippen molar-refractivity contribution < 1.29 is 17.2 Å². The van der Waals surface area contributed by atoms with Crippen molar-refractivity contribution in [2.75, 3.05) is 4.72 Å². The Morgan fingerprint density at radius 2 is 2.07 bits per heavy atom. The lowest BCUT2D eigenvalue weighted by atomic mass is 10.1. The van der Waals surface area contributed by atoms with Crippen LogP contribution in [0, 0.1) is 9.39 Å². The number of oxazole rings is 1. The first-order valence-electron chi connectivity index (χ1n) is 8.16. The Morgan fingerprint density at radius 3 is 2.76 bits per heavy atom. The minimum atomic E-state index is -4.28. The van der Waals surface area contributed by atoms with E-state index < -0.39 is 32.5 Å². The maximum Gasteiger partial charge on any atom is 0.420 e. The summed E-state index contributed by atoms with van der Waals surface area (Å²) < 4.78 is 53.1. The largest absolute Gasteiger partial charge is 0.420 e. The number of hydrogen-bond donors (Lipinski definition) is 1. The minimum absolute atomic E-state index is 0.00389. The highest BCUT2D eigenvalue weighted by Gasteiger charge is 2.25. The molecule has 8 nitrogen and oxygen atoms in total. The molecule has 12 heteroatoms. The van der Waals surface area contributed by atoms with Crippen molar-refractivity contribution in [1.82, 2.24) is 13.9 Å². The second kappa shape index (κ2) is 7.50. The Labute approximate surface area is 181 Å². The average molecular weight is 546 g/mol. The SMILES string of the molecule is CC(c1ccccc1I)n1c(=O)oc2cc(S(=O)(=O)Nc3ncns3)c(F)cc21. The van der Waals surface area contributed by atoms with Crippen LogP contribution in [0.15, 0.2) is 56.8 Å². The second-order valence-electron chi connectivity index (χ2n) is 6.04. The topological polar surface area (TPSA) is 107 Å². The van der Waals surface area contributed by atoms with Crippen LogP contribution < -0.4 is 10.5 Å². The molecule has 1 unspecified atom stereocenters. The molecule has 2 heterocycles. The highest BCUT2D eigenvalue weighted by Crippen LogP contribution is 2.29. The first-order valence-corrected chi connectivity index (χ1v) is 11.5. The molecule has 1 atom stereocenters. The van der Waals surface area contributed by atoms with Crippen molar-refractivity contribution in [3.63, 3.8) is 0 Å². The van der Waals surface area contributed by atoms with Gasteiger partial charge in [0.1, 0.15) is 17.0 Å². The summed E-state index contributed by atoms with van der Waals surface area (Å²) in [7, 11) is -4.28. The maximum absolute atomic E-state index is 14.8. The molecule has 0 bridgehead atoms. The molecule has 0 radical (unpaired) electrons. The van der Waals surface area contributed by atoms with Crippen molar-refractivity contribution in [3.8, 4) is 0 Å². The lowest BCUT2D eigenvalue weighted by molar-refractivity contribution is 0.489. The van der Waals surface area contributed by atoms with Gasteiger partial charge in [0.05, 0.1) is 11.6 Å². The molecule has 150 valence electrons. The third-order valence-corrected chi connectivity index (χ3v) is 7.33. The quantitative estimate of drug-likeness (QED) is 0.384. The van der Waals surface area contributed by atoms with Gasteiger partial charge in [0.15, 0.2) is 5.58 Å². The Kier molecular flexibility index (Phi) is 5.16. The van der Waals surface area contributed by atoms with Crippen LogP contribution in [0.2, 0.25) is 0 Å². The van der Waals surface area contributed by atoms with Gasteiger partial charge in [0.2, 0.25) is 5.13 Å². The monoisotopic (exact) mass is 546 g/mol. The fraction of sp³-hybridized carbons (Fsp3) is 0.118. The molecule has 0 aliphatic rings. The summed E-state index contributed by atoms with van der Waals surface area (Å²) in [5.74, 6) is -1.72. The van der Waals surface area contributed by atoms with Crippen LogP contribution in [-0.4, -0.2) is 22.3 Å². The summed E-state index contributed by atoms with van der Waals surface area (Å²) in [5, 5.41) is -0.00389. The number of nitrogens with one attached hydrogen (secondary N) is 1. The molecule has 4 aromatic rings. The van der Waals surface area contributed by atoms with E-state index in [2.05, 4.69) is 36.7 Å². The number of rotatable bonds is 5. The summed E-state index contributed by atoms with van der Waals surface area (Å²) >= 11 is 2.96. The first kappa shape index (κ1) is 20.0. The Bertz CT molecular complexity index is 1370. The van der Waals surface area contributed by atoms with Gasteiger partial charge in [0.25, 0.3) is 10.0 Å². The van der Waals surface area contributed by atoms with Crippen LogP contribution in [0.4, 0.5) is 9.52 Å². The van der Waals surface area contributed by atoms with Gasteiger partial charge < -0.3 is 4.42 Å². The molecule has 29 heavy (non-hydrogen) atoms. The zero-order valence-electron chi connectivity index (χ0n) is 14.7. The molecule has 0 spiro atoms. The normalized spacial score (nSPS) is 12.9. The van der Waals surface area contributed by atoms with Crippen molar-refractivity contribution in [2.24, 2.45) is 0 Å². The molecule has 0 saturated heterocycles. The van der Waals surface area contributed by atoms with Crippen LogP contribution >= 0.6 is 34.1 Å². The zero-order chi connectivity index (χ0) is 20.8. The molecule has 2 aromatic carbocycles. The van der Waals surface area contributed by atoms with E-state index in [1.807, 2.05) is 24.3 Å². The lowest BCUT2D eigenvalue weighted by Gasteiger charge is -2.15. The predicted molar refractivity (Wildman–Crippen MR) is 114 cm³/mol. The van der Waals surface area contributed by atoms with Crippen molar-refractivity contribution in [3.05, 3.63) is 68.2 Å². The number of halogens is 2. The standard InChI is InChI=1S/C17H12FIN4O4S2/c1-9(10-4-2-3-5-12(10)19)23-13-6-11(18)15(7-14(13)27-17(23)24)29(25,26)22-16-20-8-21-28-16/h2-9H,1H3,(H,20,21,22). The molecule has 1 N–H and O–H groups in total. The van der Waals surface area contributed by atoms with E-state index in [0.29, 0.717) is 0 Å². The molecule has 2 aromatic heterocycles.